The molecule has 0 spiro atoms. The molecule has 5 nitrogen and oxygen atoms in total. The fourth-order valence-electron chi connectivity index (χ4n) is 1.98. The molecule has 2 aromatic rings. The van der Waals surface area contributed by atoms with Crippen molar-refractivity contribution in [2.75, 3.05) is 18.9 Å². The van der Waals surface area contributed by atoms with Crippen LogP contribution in [0.1, 0.15) is 6.92 Å². The lowest BCUT2D eigenvalue weighted by molar-refractivity contribution is -0.141. The van der Waals surface area contributed by atoms with E-state index < -0.39 is 11.9 Å². The average Bonchev–Trinajstić information content (AvgIpc) is 3.01. The number of nitrogens with zero attached hydrogens (tertiary/aromatic N) is 1. The van der Waals surface area contributed by atoms with Crippen molar-refractivity contribution < 1.29 is 14.7 Å². The predicted molar refractivity (Wildman–Crippen MR) is 88.2 cm³/mol. The van der Waals surface area contributed by atoms with Gasteiger partial charge in [-0.1, -0.05) is 25.1 Å². The Balaban J connectivity index is 2.03. The quantitative estimate of drug-likeness (QED) is 0.885. The zero-order valence-corrected chi connectivity index (χ0v) is 13.3. The number of aliphatic carboxylic acids is 1. The van der Waals surface area contributed by atoms with E-state index in [4.69, 9.17) is 5.11 Å². The second-order valence-corrected chi connectivity index (χ2v) is 6.06. The number of carbonyl (C=O) groups is 2. The molecule has 2 rings (SSSR count). The molecule has 1 aromatic heterocycles. The molecule has 2 N–H and O–H groups in total. The van der Waals surface area contributed by atoms with Gasteiger partial charge < -0.3 is 15.3 Å². The van der Waals surface area contributed by atoms with Gasteiger partial charge in [-0.2, -0.15) is 0 Å². The lowest BCUT2D eigenvalue weighted by Gasteiger charge is -2.20. The first kappa shape index (κ1) is 16.0. The van der Waals surface area contributed by atoms with Crippen LogP contribution < -0.4 is 5.32 Å². The largest absolute Gasteiger partial charge is 0.481 e. The zero-order valence-electron chi connectivity index (χ0n) is 12.4. The maximum absolute atomic E-state index is 12.1. The Morgan fingerprint density at radius 1 is 1.32 bits per heavy atom. The van der Waals surface area contributed by atoms with Crippen molar-refractivity contribution in [3.63, 3.8) is 0 Å². The third-order valence-electron chi connectivity index (χ3n) is 3.24. The highest BCUT2D eigenvalue weighted by atomic mass is 32.1. The number of carboxylic acid groups (broad SMARTS) is 1. The minimum absolute atomic E-state index is 0.159. The van der Waals surface area contributed by atoms with Gasteiger partial charge in [-0.05, 0) is 29.1 Å². The van der Waals surface area contributed by atoms with Gasteiger partial charge in [0.15, 0.2) is 0 Å². The summed E-state index contributed by atoms with van der Waals surface area (Å²) in [5, 5.41) is 13.7. The maximum atomic E-state index is 12.1. The standard InChI is InChI=1S/C16H18N2O3S/c1-11(15(19)20)10-18(2)16(21)17-13-6-3-5-12(9-13)14-7-4-8-22-14/h3-9,11H,10H2,1-2H3,(H,17,21)(H,19,20). The lowest BCUT2D eigenvalue weighted by atomic mass is 10.1. The van der Waals surface area contributed by atoms with Gasteiger partial charge in [-0.25, -0.2) is 4.79 Å². The Kier molecular flexibility index (Phi) is 5.16. The molecule has 1 aromatic carbocycles. The van der Waals surface area contributed by atoms with Crippen molar-refractivity contribution in [3.05, 3.63) is 41.8 Å². The van der Waals surface area contributed by atoms with E-state index in [0.717, 1.165) is 10.4 Å². The van der Waals surface area contributed by atoms with Crippen LogP contribution >= 0.6 is 11.3 Å². The van der Waals surface area contributed by atoms with Crippen LogP contribution in [0.15, 0.2) is 41.8 Å². The summed E-state index contributed by atoms with van der Waals surface area (Å²) in [4.78, 5) is 25.4. The molecule has 0 fully saturated rings. The molecule has 2 amide bonds. The number of thiophene rings is 1. The summed E-state index contributed by atoms with van der Waals surface area (Å²) < 4.78 is 0. The minimum atomic E-state index is -0.917. The Morgan fingerprint density at radius 3 is 2.73 bits per heavy atom. The lowest BCUT2D eigenvalue weighted by Crippen LogP contribution is -2.36. The normalized spacial score (nSPS) is 11.7. The first-order valence-corrected chi connectivity index (χ1v) is 7.74. The molecular formula is C16H18N2O3S. The average molecular weight is 318 g/mol. The number of anilines is 1. The summed E-state index contributed by atoms with van der Waals surface area (Å²) >= 11 is 1.63. The van der Waals surface area contributed by atoms with Crippen LogP contribution in [0, 0.1) is 5.92 Å². The molecule has 116 valence electrons. The zero-order chi connectivity index (χ0) is 16.1. The molecular weight excluding hydrogens is 300 g/mol. The Labute approximate surface area is 133 Å². The summed E-state index contributed by atoms with van der Waals surface area (Å²) in [5.41, 5.74) is 1.72. The molecule has 0 saturated carbocycles. The summed E-state index contributed by atoms with van der Waals surface area (Å²) in [6, 6.07) is 11.2. The van der Waals surface area contributed by atoms with E-state index in [1.54, 1.807) is 25.3 Å². The van der Waals surface area contributed by atoms with E-state index >= 15 is 0 Å². The Morgan fingerprint density at radius 2 is 2.09 bits per heavy atom. The van der Waals surface area contributed by atoms with Crippen molar-refractivity contribution >= 4 is 29.0 Å². The number of benzene rings is 1. The van der Waals surface area contributed by atoms with E-state index in [1.165, 1.54) is 4.90 Å². The van der Waals surface area contributed by atoms with Crippen molar-refractivity contribution in [2.24, 2.45) is 5.92 Å². The molecule has 0 saturated heterocycles. The second kappa shape index (κ2) is 7.09. The van der Waals surface area contributed by atoms with Gasteiger partial charge in [0.05, 0.1) is 5.92 Å². The van der Waals surface area contributed by atoms with E-state index in [0.29, 0.717) is 5.69 Å². The molecule has 1 atom stereocenters. The van der Waals surface area contributed by atoms with E-state index in [-0.39, 0.29) is 12.6 Å². The number of urea groups is 1. The van der Waals surface area contributed by atoms with E-state index in [1.807, 2.05) is 41.8 Å². The molecule has 0 aliphatic rings. The third-order valence-corrected chi connectivity index (χ3v) is 4.15. The molecule has 1 heterocycles. The van der Waals surface area contributed by atoms with Crippen LogP contribution in [-0.4, -0.2) is 35.6 Å². The third kappa shape index (κ3) is 4.08. The monoisotopic (exact) mass is 318 g/mol. The van der Waals surface area contributed by atoms with Gasteiger partial charge >= 0.3 is 12.0 Å². The van der Waals surface area contributed by atoms with E-state index in [2.05, 4.69) is 5.32 Å². The van der Waals surface area contributed by atoms with Crippen LogP contribution in [0.5, 0.6) is 0 Å². The van der Waals surface area contributed by atoms with Gasteiger partial charge in [0.25, 0.3) is 0 Å². The first-order chi connectivity index (χ1) is 10.5. The second-order valence-electron chi connectivity index (χ2n) is 5.11. The predicted octanol–water partition coefficient (Wildman–Crippen LogP) is 3.60. The summed E-state index contributed by atoms with van der Waals surface area (Å²) in [7, 11) is 1.58. The van der Waals surface area contributed by atoms with Gasteiger partial charge in [-0.3, -0.25) is 4.79 Å². The van der Waals surface area contributed by atoms with Crippen molar-refractivity contribution in [1.82, 2.24) is 4.90 Å². The minimum Gasteiger partial charge on any atom is -0.481 e. The highest BCUT2D eigenvalue weighted by Gasteiger charge is 2.17. The van der Waals surface area contributed by atoms with Gasteiger partial charge in [0.2, 0.25) is 0 Å². The van der Waals surface area contributed by atoms with Crippen molar-refractivity contribution in [2.45, 2.75) is 6.92 Å². The molecule has 0 radical (unpaired) electrons. The molecule has 6 heteroatoms. The highest BCUT2D eigenvalue weighted by molar-refractivity contribution is 7.13. The van der Waals surface area contributed by atoms with Crippen LogP contribution in [0.4, 0.5) is 10.5 Å². The summed E-state index contributed by atoms with van der Waals surface area (Å²) in [6.07, 6.45) is 0. The van der Waals surface area contributed by atoms with Crippen LogP contribution in [-0.2, 0) is 4.79 Å². The number of amides is 2. The molecule has 0 aliphatic heterocycles. The number of carboxylic acids is 1. The number of hydrogen-bond acceptors (Lipinski definition) is 3. The van der Waals surface area contributed by atoms with Crippen molar-refractivity contribution in [1.29, 1.82) is 0 Å². The first-order valence-electron chi connectivity index (χ1n) is 6.86. The van der Waals surface area contributed by atoms with E-state index in [9.17, 15) is 9.59 Å². The SMILES string of the molecule is CC(CN(C)C(=O)Nc1cccc(-c2cccs2)c1)C(=O)O. The smallest absolute Gasteiger partial charge is 0.321 e. The Bertz CT molecular complexity index is 655. The van der Waals surface area contributed by atoms with Gasteiger partial charge in [0.1, 0.15) is 0 Å². The fraction of sp³-hybridized carbons (Fsp3) is 0.250. The number of hydrogen-bond donors (Lipinski definition) is 2. The fourth-order valence-corrected chi connectivity index (χ4v) is 2.71. The number of nitrogens with one attached hydrogen (secondary N) is 1. The molecule has 22 heavy (non-hydrogen) atoms. The molecule has 0 aliphatic carbocycles. The van der Waals surface area contributed by atoms with Crippen LogP contribution in [0.2, 0.25) is 0 Å². The highest BCUT2D eigenvalue weighted by Crippen LogP contribution is 2.26. The topological polar surface area (TPSA) is 69.6 Å². The maximum Gasteiger partial charge on any atom is 0.321 e. The number of rotatable bonds is 5. The molecule has 0 bridgehead atoms. The molecule has 1 unspecified atom stereocenters. The van der Waals surface area contributed by atoms with Gasteiger partial charge in [-0.15, -0.1) is 11.3 Å². The van der Waals surface area contributed by atoms with Gasteiger partial charge in [0, 0.05) is 24.2 Å². The summed E-state index contributed by atoms with van der Waals surface area (Å²) in [6.45, 7) is 1.73. The van der Waals surface area contributed by atoms with Crippen LogP contribution in [0.3, 0.4) is 0 Å². The van der Waals surface area contributed by atoms with Crippen molar-refractivity contribution in [3.8, 4) is 10.4 Å². The van der Waals surface area contributed by atoms with Crippen LogP contribution in [0.25, 0.3) is 10.4 Å². The Hall–Kier alpha value is -2.34. The summed E-state index contributed by atoms with van der Waals surface area (Å²) in [5.74, 6) is -1.52. The number of carbonyl (C=O) groups excluding carboxylic acids is 1.